The minimum absolute atomic E-state index is 0.561. The van der Waals surface area contributed by atoms with Crippen molar-refractivity contribution in [1.29, 1.82) is 0 Å². The van der Waals surface area contributed by atoms with Gasteiger partial charge in [0, 0.05) is 6.20 Å². The number of hydrogen-bond acceptors (Lipinski definition) is 2. The highest BCUT2D eigenvalue weighted by molar-refractivity contribution is 14.1. The second-order valence-electron chi connectivity index (χ2n) is 4.54. The van der Waals surface area contributed by atoms with Gasteiger partial charge in [-0.2, -0.15) is 0 Å². The van der Waals surface area contributed by atoms with Crippen LogP contribution in [-0.2, 0) is 13.0 Å². The Hall–Kier alpha value is -1.56. The molecule has 0 unspecified atom stereocenters. The van der Waals surface area contributed by atoms with Crippen molar-refractivity contribution < 1.29 is 4.74 Å². The van der Waals surface area contributed by atoms with Gasteiger partial charge in [0.25, 0.3) is 0 Å². The number of fused-ring (bicyclic) bond motifs is 1. The van der Waals surface area contributed by atoms with E-state index >= 15 is 0 Å². The molecule has 0 bridgehead atoms. The second-order valence-corrected chi connectivity index (χ2v) is 5.56. The molecule has 2 heterocycles. The van der Waals surface area contributed by atoms with Crippen LogP contribution in [0.5, 0.6) is 5.75 Å². The van der Waals surface area contributed by atoms with E-state index < -0.39 is 0 Å². The Balaban J connectivity index is 1.92. The molecule has 0 aliphatic heterocycles. The number of halogens is 1. The zero-order valence-corrected chi connectivity index (χ0v) is 13.4. The fraction of sp³-hybridized carbons (Fsp3) is 0.188. The SMILES string of the molecule is CCc1nc2c(OCc3ccccc3)cccn2c1I. The van der Waals surface area contributed by atoms with E-state index in [2.05, 4.69) is 51.0 Å². The lowest BCUT2D eigenvalue weighted by Crippen LogP contribution is -1.97. The monoisotopic (exact) mass is 378 g/mol. The van der Waals surface area contributed by atoms with E-state index in [4.69, 9.17) is 4.74 Å². The molecule has 102 valence electrons. The number of ether oxygens (including phenoxy) is 1. The number of aromatic nitrogens is 2. The van der Waals surface area contributed by atoms with Gasteiger partial charge in [-0.05, 0) is 46.7 Å². The maximum Gasteiger partial charge on any atom is 0.180 e. The van der Waals surface area contributed by atoms with Crippen molar-refractivity contribution in [3.05, 3.63) is 63.6 Å². The van der Waals surface area contributed by atoms with Crippen molar-refractivity contribution in [3.8, 4) is 5.75 Å². The molecular formula is C16H15IN2O. The quantitative estimate of drug-likeness (QED) is 0.640. The average molecular weight is 378 g/mol. The molecule has 0 N–H and O–H groups in total. The molecule has 0 aliphatic carbocycles. The van der Waals surface area contributed by atoms with Crippen molar-refractivity contribution in [2.45, 2.75) is 20.0 Å². The van der Waals surface area contributed by atoms with E-state index in [1.165, 1.54) is 0 Å². The van der Waals surface area contributed by atoms with Crippen molar-refractivity contribution >= 4 is 28.2 Å². The molecule has 0 amide bonds. The smallest absolute Gasteiger partial charge is 0.180 e. The van der Waals surface area contributed by atoms with Crippen molar-refractivity contribution in [3.63, 3.8) is 0 Å². The first-order valence-corrected chi connectivity index (χ1v) is 7.69. The maximum atomic E-state index is 5.93. The minimum Gasteiger partial charge on any atom is -0.485 e. The van der Waals surface area contributed by atoms with Gasteiger partial charge in [0.1, 0.15) is 10.3 Å². The summed E-state index contributed by atoms with van der Waals surface area (Å²) in [4.78, 5) is 4.67. The maximum absolute atomic E-state index is 5.93. The van der Waals surface area contributed by atoms with Gasteiger partial charge in [-0.3, -0.25) is 4.40 Å². The van der Waals surface area contributed by atoms with Gasteiger partial charge in [0.2, 0.25) is 0 Å². The molecule has 3 rings (SSSR count). The number of imidazole rings is 1. The molecule has 0 aliphatic rings. The molecule has 0 radical (unpaired) electrons. The minimum atomic E-state index is 0.561. The van der Waals surface area contributed by atoms with E-state index in [0.29, 0.717) is 6.61 Å². The number of benzene rings is 1. The lowest BCUT2D eigenvalue weighted by Gasteiger charge is -2.07. The normalized spacial score (nSPS) is 10.9. The summed E-state index contributed by atoms with van der Waals surface area (Å²) in [6.45, 7) is 2.68. The number of rotatable bonds is 4. The zero-order valence-electron chi connectivity index (χ0n) is 11.2. The fourth-order valence-electron chi connectivity index (χ4n) is 2.13. The summed E-state index contributed by atoms with van der Waals surface area (Å²) in [5.41, 5.74) is 3.16. The number of hydrogen-bond donors (Lipinski definition) is 0. The molecule has 3 nitrogen and oxygen atoms in total. The highest BCUT2D eigenvalue weighted by atomic mass is 127. The Morgan fingerprint density at radius 3 is 2.70 bits per heavy atom. The molecule has 0 fully saturated rings. The third-order valence-electron chi connectivity index (χ3n) is 3.19. The van der Waals surface area contributed by atoms with Crippen LogP contribution in [0.25, 0.3) is 5.65 Å². The van der Waals surface area contributed by atoms with Crippen LogP contribution in [0.2, 0.25) is 0 Å². The van der Waals surface area contributed by atoms with Gasteiger partial charge in [-0.25, -0.2) is 4.98 Å². The first-order chi connectivity index (χ1) is 9.79. The molecule has 1 aromatic carbocycles. The van der Waals surface area contributed by atoms with E-state index in [1.54, 1.807) is 0 Å². The number of pyridine rings is 1. The first-order valence-electron chi connectivity index (χ1n) is 6.61. The van der Waals surface area contributed by atoms with Crippen LogP contribution in [0.1, 0.15) is 18.2 Å². The second kappa shape index (κ2) is 5.83. The summed E-state index contributed by atoms with van der Waals surface area (Å²) < 4.78 is 9.17. The van der Waals surface area contributed by atoms with E-state index in [1.807, 2.05) is 36.5 Å². The van der Waals surface area contributed by atoms with E-state index in [-0.39, 0.29) is 0 Å². The Bertz CT molecular complexity index is 722. The summed E-state index contributed by atoms with van der Waals surface area (Å²) in [5.74, 6) is 0.828. The predicted octanol–water partition coefficient (Wildman–Crippen LogP) is 4.08. The molecule has 0 saturated heterocycles. The highest BCUT2D eigenvalue weighted by Crippen LogP contribution is 2.24. The Morgan fingerprint density at radius 2 is 1.95 bits per heavy atom. The van der Waals surface area contributed by atoms with Crippen molar-refractivity contribution in [1.82, 2.24) is 9.38 Å². The van der Waals surface area contributed by atoms with E-state index in [9.17, 15) is 0 Å². The van der Waals surface area contributed by atoms with Gasteiger partial charge in [0.05, 0.1) is 5.69 Å². The van der Waals surface area contributed by atoms with Gasteiger partial charge in [-0.15, -0.1) is 0 Å². The topological polar surface area (TPSA) is 26.5 Å². The zero-order chi connectivity index (χ0) is 13.9. The molecule has 4 heteroatoms. The average Bonchev–Trinajstić information content (AvgIpc) is 2.83. The fourth-order valence-corrected chi connectivity index (χ4v) is 3.02. The molecule has 0 spiro atoms. The summed E-state index contributed by atoms with van der Waals surface area (Å²) in [5, 5.41) is 0. The van der Waals surface area contributed by atoms with Crippen LogP contribution >= 0.6 is 22.6 Å². The predicted molar refractivity (Wildman–Crippen MR) is 88.1 cm³/mol. The summed E-state index contributed by atoms with van der Waals surface area (Å²) >= 11 is 2.34. The van der Waals surface area contributed by atoms with Crippen LogP contribution < -0.4 is 4.74 Å². The van der Waals surface area contributed by atoms with Gasteiger partial charge >= 0.3 is 0 Å². The summed E-state index contributed by atoms with van der Waals surface area (Å²) in [7, 11) is 0. The summed E-state index contributed by atoms with van der Waals surface area (Å²) in [6, 6.07) is 14.1. The molecule has 20 heavy (non-hydrogen) atoms. The van der Waals surface area contributed by atoms with Crippen LogP contribution in [0.15, 0.2) is 48.7 Å². The largest absolute Gasteiger partial charge is 0.485 e. The Morgan fingerprint density at radius 1 is 1.15 bits per heavy atom. The highest BCUT2D eigenvalue weighted by Gasteiger charge is 2.11. The third kappa shape index (κ3) is 2.52. The van der Waals surface area contributed by atoms with Crippen LogP contribution in [-0.4, -0.2) is 9.38 Å². The lowest BCUT2D eigenvalue weighted by atomic mass is 10.2. The summed E-state index contributed by atoms with van der Waals surface area (Å²) in [6.07, 6.45) is 2.96. The number of nitrogens with zero attached hydrogens (tertiary/aromatic N) is 2. The van der Waals surface area contributed by atoms with Crippen LogP contribution in [0.4, 0.5) is 0 Å². The van der Waals surface area contributed by atoms with Crippen molar-refractivity contribution in [2.24, 2.45) is 0 Å². The Labute approximate surface area is 131 Å². The molecule has 0 saturated carbocycles. The molecule has 0 atom stereocenters. The van der Waals surface area contributed by atoms with Crippen LogP contribution in [0, 0.1) is 3.70 Å². The van der Waals surface area contributed by atoms with Gasteiger partial charge in [-0.1, -0.05) is 37.3 Å². The molecular weight excluding hydrogens is 363 g/mol. The Kier molecular flexibility index (Phi) is 3.91. The van der Waals surface area contributed by atoms with Gasteiger partial charge < -0.3 is 4.74 Å². The molecule has 2 aromatic heterocycles. The first kappa shape index (κ1) is 13.4. The van der Waals surface area contributed by atoms with E-state index in [0.717, 1.165) is 32.8 Å². The van der Waals surface area contributed by atoms with Crippen molar-refractivity contribution in [2.75, 3.05) is 0 Å². The standard InChI is InChI=1S/C16H15IN2O/c1-2-13-15(17)19-10-6-9-14(16(19)18-13)20-11-12-7-4-3-5-8-12/h3-10H,2,11H2,1H3. The van der Waals surface area contributed by atoms with Gasteiger partial charge in [0.15, 0.2) is 11.4 Å². The third-order valence-corrected chi connectivity index (χ3v) is 4.34. The lowest BCUT2D eigenvalue weighted by molar-refractivity contribution is 0.308. The van der Waals surface area contributed by atoms with Crippen LogP contribution in [0.3, 0.4) is 0 Å². The molecule has 3 aromatic rings. The number of aryl methyl sites for hydroxylation is 1.